The van der Waals surface area contributed by atoms with Gasteiger partial charge in [-0.3, -0.25) is 4.99 Å². The van der Waals surface area contributed by atoms with Crippen LogP contribution >= 0.6 is 0 Å². The third kappa shape index (κ3) is 3.71. The average Bonchev–Trinajstić information content (AvgIpc) is 2.36. The number of carbonyl (C=O) groups is 1. The lowest BCUT2D eigenvalue weighted by atomic mass is 10.1. The first-order chi connectivity index (χ1) is 9.01. The Labute approximate surface area is 112 Å². The molecule has 0 saturated carbocycles. The van der Waals surface area contributed by atoms with Crippen molar-refractivity contribution in [3.05, 3.63) is 35.1 Å². The zero-order chi connectivity index (χ0) is 14.4. The second-order valence-corrected chi connectivity index (χ2v) is 4.01. The fourth-order valence-corrected chi connectivity index (χ4v) is 1.56. The van der Waals surface area contributed by atoms with Crippen molar-refractivity contribution < 1.29 is 13.9 Å². The SMILES string of the molecule is CCN=C(N=C(C)C)c1c(F)cccc1C(=O)OC. The summed E-state index contributed by atoms with van der Waals surface area (Å²) in [5.41, 5.74) is 0.934. The van der Waals surface area contributed by atoms with Gasteiger partial charge < -0.3 is 4.74 Å². The van der Waals surface area contributed by atoms with Crippen LogP contribution in [0.2, 0.25) is 0 Å². The van der Waals surface area contributed by atoms with Crippen molar-refractivity contribution in [1.82, 2.24) is 0 Å². The van der Waals surface area contributed by atoms with Crippen LogP contribution in [0.5, 0.6) is 0 Å². The molecule has 1 rings (SSSR count). The minimum absolute atomic E-state index is 0.0809. The molecule has 102 valence electrons. The van der Waals surface area contributed by atoms with Gasteiger partial charge in [0.15, 0.2) is 5.84 Å². The first-order valence-electron chi connectivity index (χ1n) is 5.94. The smallest absolute Gasteiger partial charge is 0.338 e. The zero-order valence-electron chi connectivity index (χ0n) is 11.5. The van der Waals surface area contributed by atoms with Gasteiger partial charge in [0.05, 0.1) is 18.2 Å². The molecule has 0 N–H and O–H groups in total. The molecule has 0 aliphatic rings. The number of methoxy groups -OCH3 is 1. The normalized spacial score (nSPS) is 11.1. The second kappa shape index (κ2) is 6.78. The summed E-state index contributed by atoms with van der Waals surface area (Å²) in [6.07, 6.45) is 0. The van der Waals surface area contributed by atoms with Crippen LogP contribution < -0.4 is 0 Å². The largest absolute Gasteiger partial charge is 0.465 e. The van der Waals surface area contributed by atoms with Crippen LogP contribution in [-0.2, 0) is 4.74 Å². The van der Waals surface area contributed by atoms with Gasteiger partial charge in [-0.15, -0.1) is 0 Å². The van der Waals surface area contributed by atoms with Crippen LogP contribution in [0.1, 0.15) is 36.7 Å². The molecule has 0 aromatic heterocycles. The highest BCUT2D eigenvalue weighted by Crippen LogP contribution is 2.17. The molecule has 0 radical (unpaired) electrons. The highest BCUT2D eigenvalue weighted by atomic mass is 19.1. The topological polar surface area (TPSA) is 51.0 Å². The summed E-state index contributed by atoms with van der Waals surface area (Å²) in [4.78, 5) is 20.0. The lowest BCUT2D eigenvalue weighted by molar-refractivity contribution is 0.0600. The molecular formula is C14H17FN2O2. The van der Waals surface area contributed by atoms with Crippen LogP contribution in [0.4, 0.5) is 4.39 Å². The second-order valence-electron chi connectivity index (χ2n) is 4.01. The van der Waals surface area contributed by atoms with Crippen molar-refractivity contribution in [2.45, 2.75) is 20.8 Å². The fraction of sp³-hybridized carbons (Fsp3) is 0.357. The van der Waals surface area contributed by atoms with Gasteiger partial charge in [0, 0.05) is 12.3 Å². The number of ether oxygens (including phenoxy) is 1. The lowest BCUT2D eigenvalue weighted by Gasteiger charge is -2.09. The molecule has 0 unspecified atom stereocenters. The standard InChI is InChI=1S/C14H17FN2O2/c1-5-16-13(17-9(2)3)12-10(14(18)19-4)7-6-8-11(12)15/h6-8H,5H2,1-4H3. The Balaban J connectivity index is 3.50. The first-order valence-corrected chi connectivity index (χ1v) is 5.94. The molecule has 4 nitrogen and oxygen atoms in total. The first kappa shape index (κ1) is 15.0. The molecule has 1 aromatic carbocycles. The number of hydrogen-bond donors (Lipinski definition) is 0. The monoisotopic (exact) mass is 264 g/mol. The van der Waals surface area contributed by atoms with Crippen molar-refractivity contribution in [2.75, 3.05) is 13.7 Å². The van der Waals surface area contributed by atoms with Crippen LogP contribution in [0.25, 0.3) is 0 Å². The number of hydrogen-bond acceptors (Lipinski definition) is 3. The molecule has 0 saturated heterocycles. The van der Waals surface area contributed by atoms with E-state index < -0.39 is 11.8 Å². The van der Waals surface area contributed by atoms with Crippen LogP contribution in [-0.4, -0.2) is 31.2 Å². The Morgan fingerprint density at radius 3 is 2.58 bits per heavy atom. The Morgan fingerprint density at radius 1 is 1.37 bits per heavy atom. The summed E-state index contributed by atoms with van der Waals surface area (Å²) >= 11 is 0. The van der Waals surface area contributed by atoms with Crippen LogP contribution in [0.15, 0.2) is 28.2 Å². The summed E-state index contributed by atoms with van der Waals surface area (Å²) in [5, 5.41) is 0. The van der Waals surface area contributed by atoms with Crippen LogP contribution in [0, 0.1) is 5.82 Å². The van der Waals surface area contributed by atoms with Gasteiger partial charge in [-0.25, -0.2) is 14.2 Å². The molecule has 0 spiro atoms. The molecule has 0 heterocycles. The summed E-state index contributed by atoms with van der Waals surface area (Å²) < 4.78 is 18.7. The Kier molecular flexibility index (Phi) is 5.36. The van der Waals surface area contributed by atoms with E-state index in [0.29, 0.717) is 6.54 Å². The number of amidine groups is 1. The van der Waals surface area contributed by atoms with E-state index in [9.17, 15) is 9.18 Å². The van der Waals surface area contributed by atoms with Crippen molar-refractivity contribution in [3.63, 3.8) is 0 Å². The van der Waals surface area contributed by atoms with Gasteiger partial charge >= 0.3 is 5.97 Å². The van der Waals surface area contributed by atoms with Gasteiger partial charge in [-0.1, -0.05) is 6.07 Å². The van der Waals surface area contributed by atoms with E-state index >= 15 is 0 Å². The molecule has 0 bridgehead atoms. The van der Waals surface area contributed by atoms with Crippen molar-refractivity contribution in [3.8, 4) is 0 Å². The molecule has 0 fully saturated rings. The molecule has 5 heteroatoms. The predicted octanol–water partition coefficient (Wildman–Crippen LogP) is 2.86. The summed E-state index contributed by atoms with van der Waals surface area (Å²) in [6, 6.07) is 4.22. The number of aliphatic imine (C=N–C) groups is 2. The summed E-state index contributed by atoms with van der Waals surface area (Å²) in [6.45, 7) is 5.83. The maximum atomic E-state index is 14.0. The van der Waals surface area contributed by atoms with E-state index in [0.717, 1.165) is 5.71 Å². The van der Waals surface area contributed by atoms with E-state index in [1.807, 2.05) is 6.92 Å². The van der Waals surface area contributed by atoms with Crippen LogP contribution in [0.3, 0.4) is 0 Å². The van der Waals surface area contributed by atoms with Gasteiger partial charge in [-0.05, 0) is 32.9 Å². The molecule has 0 aliphatic carbocycles. The fourth-order valence-electron chi connectivity index (χ4n) is 1.56. The summed E-state index contributed by atoms with van der Waals surface area (Å²) in [7, 11) is 1.25. The maximum absolute atomic E-state index is 14.0. The average molecular weight is 264 g/mol. The Hall–Kier alpha value is -2.04. The van der Waals surface area contributed by atoms with Gasteiger partial charge in [0.1, 0.15) is 5.82 Å². The highest BCUT2D eigenvalue weighted by molar-refractivity contribution is 6.11. The molecule has 19 heavy (non-hydrogen) atoms. The molecule has 0 aliphatic heterocycles. The lowest BCUT2D eigenvalue weighted by Crippen LogP contribution is -2.13. The van der Waals surface area contributed by atoms with E-state index in [1.165, 1.54) is 25.3 Å². The van der Waals surface area contributed by atoms with E-state index in [2.05, 4.69) is 14.7 Å². The minimum atomic E-state index is -0.609. The van der Waals surface area contributed by atoms with Crippen molar-refractivity contribution in [2.24, 2.45) is 9.98 Å². The third-order valence-corrected chi connectivity index (χ3v) is 2.28. The quantitative estimate of drug-likeness (QED) is 0.479. The predicted molar refractivity (Wildman–Crippen MR) is 73.6 cm³/mol. The van der Waals surface area contributed by atoms with E-state index in [1.54, 1.807) is 13.8 Å². The van der Waals surface area contributed by atoms with E-state index in [4.69, 9.17) is 0 Å². The highest BCUT2D eigenvalue weighted by Gasteiger charge is 2.19. The molecule has 0 atom stereocenters. The number of esters is 1. The molecule has 0 amide bonds. The Bertz CT molecular complexity index is 532. The van der Waals surface area contributed by atoms with Gasteiger partial charge in [-0.2, -0.15) is 0 Å². The summed E-state index contributed by atoms with van der Waals surface area (Å²) in [5.74, 6) is -0.941. The Morgan fingerprint density at radius 2 is 2.05 bits per heavy atom. The number of benzene rings is 1. The maximum Gasteiger partial charge on any atom is 0.338 e. The van der Waals surface area contributed by atoms with E-state index in [-0.39, 0.29) is 17.0 Å². The molecular weight excluding hydrogens is 247 g/mol. The number of rotatable bonds is 3. The number of halogens is 1. The minimum Gasteiger partial charge on any atom is -0.465 e. The van der Waals surface area contributed by atoms with Gasteiger partial charge in [0.2, 0.25) is 0 Å². The molecule has 1 aromatic rings. The van der Waals surface area contributed by atoms with Crippen molar-refractivity contribution >= 4 is 17.5 Å². The number of nitrogens with zero attached hydrogens (tertiary/aromatic N) is 2. The van der Waals surface area contributed by atoms with Crippen molar-refractivity contribution in [1.29, 1.82) is 0 Å². The third-order valence-electron chi connectivity index (χ3n) is 2.28. The number of carbonyl (C=O) groups excluding carboxylic acids is 1. The zero-order valence-corrected chi connectivity index (χ0v) is 11.5. The van der Waals surface area contributed by atoms with Gasteiger partial charge in [0.25, 0.3) is 0 Å².